The molecule has 0 heterocycles. The summed E-state index contributed by atoms with van der Waals surface area (Å²) in [5.74, 6) is 0. The van der Waals surface area contributed by atoms with Gasteiger partial charge in [0, 0.05) is 5.39 Å². The Morgan fingerprint density at radius 1 is 0.846 bits per heavy atom. The van der Waals surface area contributed by atoms with Crippen molar-refractivity contribution in [2.45, 2.75) is 0 Å². The first-order chi connectivity index (χ1) is 6.42. The van der Waals surface area contributed by atoms with Crippen molar-refractivity contribution in [3.05, 3.63) is 53.9 Å². The normalized spacial score (nSPS) is 11.8. The van der Waals surface area contributed by atoms with Crippen LogP contribution in [-0.2, 0) is 0 Å². The highest BCUT2D eigenvalue weighted by atomic mass is 16.4. The molecule has 64 valence electrons. The molecule has 2 rings (SSSR count). The van der Waals surface area contributed by atoms with Crippen LogP contribution in [0.3, 0.4) is 0 Å². The Hall–Kier alpha value is -1.83. The highest BCUT2D eigenvalue weighted by Gasteiger charge is 1.90. The van der Waals surface area contributed by atoms with Gasteiger partial charge in [-0.25, -0.2) is 0 Å². The van der Waals surface area contributed by atoms with Gasteiger partial charge in [0.25, 0.3) is 0 Å². The van der Waals surface area contributed by atoms with Crippen LogP contribution in [0.25, 0.3) is 10.8 Å². The molecule has 0 saturated carbocycles. The molecule has 0 saturated heterocycles. The third-order valence-corrected chi connectivity index (χ3v) is 1.99. The van der Waals surface area contributed by atoms with Crippen LogP contribution in [0, 0.1) is 0 Å². The summed E-state index contributed by atoms with van der Waals surface area (Å²) in [6.07, 6.45) is 0. The fraction of sp³-hybridized carbons (Fsp3) is 0. The number of benzene rings is 1. The molecule has 0 unspecified atom stereocenters. The Morgan fingerprint density at radius 3 is 2.15 bits per heavy atom. The lowest BCUT2D eigenvalue weighted by Crippen LogP contribution is -1.97. The fourth-order valence-electron chi connectivity index (χ4n) is 1.36. The molecule has 13 heavy (non-hydrogen) atoms. The molecule has 0 amide bonds. The van der Waals surface area contributed by atoms with Crippen molar-refractivity contribution >= 4 is 10.8 Å². The summed E-state index contributed by atoms with van der Waals surface area (Å²) >= 11 is 0. The Balaban J connectivity index is 3.04. The molecule has 0 atom stereocenters. The molecule has 1 N–H and O–H groups in total. The van der Waals surface area contributed by atoms with E-state index in [1.807, 2.05) is 42.5 Å². The van der Waals surface area contributed by atoms with Gasteiger partial charge in [0.05, 0.1) is 0 Å². The first-order valence-electron chi connectivity index (χ1n) is 4.08. The van der Waals surface area contributed by atoms with Crippen LogP contribution in [0.15, 0.2) is 53.7 Å². The number of hydrogen-bond acceptors (Lipinski definition) is 2. The highest BCUT2D eigenvalue weighted by molar-refractivity contribution is 5.81. The summed E-state index contributed by atoms with van der Waals surface area (Å²) in [6, 6.07) is 15.4. The van der Waals surface area contributed by atoms with Gasteiger partial charge in [0.1, 0.15) is 5.36 Å². The second-order valence-electron chi connectivity index (χ2n) is 2.79. The predicted molar refractivity (Wildman–Crippen MR) is 51.3 cm³/mol. The zero-order chi connectivity index (χ0) is 9.10. The van der Waals surface area contributed by atoms with Gasteiger partial charge in [-0.1, -0.05) is 47.6 Å². The average Bonchev–Trinajstić information content (AvgIpc) is 2.39. The van der Waals surface area contributed by atoms with Crippen LogP contribution in [0.5, 0.6) is 0 Å². The number of hydrogen-bond donors (Lipinski definition) is 1. The van der Waals surface area contributed by atoms with Crippen molar-refractivity contribution in [1.29, 1.82) is 0 Å². The molecule has 0 aliphatic rings. The van der Waals surface area contributed by atoms with Gasteiger partial charge in [-0.3, -0.25) is 0 Å². The molecular formula is C11H9NO. The van der Waals surface area contributed by atoms with Gasteiger partial charge in [-0.15, -0.1) is 0 Å². The Labute approximate surface area is 75.8 Å². The minimum Gasteiger partial charge on any atom is -0.410 e. The van der Waals surface area contributed by atoms with Gasteiger partial charge in [0.15, 0.2) is 0 Å². The molecule has 2 nitrogen and oxygen atoms in total. The maximum atomic E-state index is 8.77. The SMILES string of the molecule is O/N=c1/ccccc2ccccc12. The molecule has 0 fully saturated rings. The van der Waals surface area contributed by atoms with E-state index >= 15 is 0 Å². The Kier molecular flexibility index (Phi) is 1.96. The molecule has 0 bridgehead atoms. The van der Waals surface area contributed by atoms with Crippen LogP contribution >= 0.6 is 0 Å². The lowest BCUT2D eigenvalue weighted by atomic mass is 10.2. The van der Waals surface area contributed by atoms with E-state index in [0.717, 1.165) is 10.8 Å². The molecule has 2 heteroatoms. The van der Waals surface area contributed by atoms with Crippen molar-refractivity contribution in [1.82, 2.24) is 0 Å². The topological polar surface area (TPSA) is 32.6 Å². The number of fused-ring (bicyclic) bond motifs is 1. The summed E-state index contributed by atoms with van der Waals surface area (Å²) in [5, 5.41) is 14.6. The minimum atomic E-state index is 0.598. The molecule has 0 spiro atoms. The van der Waals surface area contributed by atoms with Gasteiger partial charge in [-0.2, -0.15) is 0 Å². The number of rotatable bonds is 0. The van der Waals surface area contributed by atoms with Crippen molar-refractivity contribution in [3.8, 4) is 0 Å². The maximum Gasteiger partial charge on any atom is 0.110 e. The highest BCUT2D eigenvalue weighted by Crippen LogP contribution is 2.06. The van der Waals surface area contributed by atoms with Crippen LogP contribution < -0.4 is 5.36 Å². The summed E-state index contributed by atoms with van der Waals surface area (Å²) in [6.45, 7) is 0. The van der Waals surface area contributed by atoms with E-state index in [2.05, 4.69) is 5.16 Å². The largest absolute Gasteiger partial charge is 0.410 e. The van der Waals surface area contributed by atoms with Crippen molar-refractivity contribution in [2.24, 2.45) is 5.16 Å². The summed E-state index contributed by atoms with van der Waals surface area (Å²) in [7, 11) is 0. The van der Waals surface area contributed by atoms with E-state index in [0.29, 0.717) is 5.36 Å². The smallest absolute Gasteiger partial charge is 0.110 e. The third-order valence-electron chi connectivity index (χ3n) is 1.99. The summed E-state index contributed by atoms with van der Waals surface area (Å²) in [5.41, 5.74) is 0. The van der Waals surface area contributed by atoms with E-state index < -0.39 is 0 Å². The predicted octanol–water partition coefficient (Wildman–Crippen LogP) is 2.13. The van der Waals surface area contributed by atoms with E-state index in [1.165, 1.54) is 0 Å². The van der Waals surface area contributed by atoms with Crippen LogP contribution in [0.2, 0.25) is 0 Å². The second-order valence-corrected chi connectivity index (χ2v) is 2.79. The molecule has 2 aromatic carbocycles. The molecular weight excluding hydrogens is 162 g/mol. The lowest BCUT2D eigenvalue weighted by Gasteiger charge is -1.89. The molecule has 0 aliphatic carbocycles. The first kappa shape index (κ1) is 7.80. The van der Waals surface area contributed by atoms with Crippen molar-refractivity contribution in [2.75, 3.05) is 0 Å². The van der Waals surface area contributed by atoms with E-state index in [-0.39, 0.29) is 0 Å². The van der Waals surface area contributed by atoms with Crippen LogP contribution in [0.4, 0.5) is 0 Å². The molecule has 0 radical (unpaired) electrons. The second kappa shape index (κ2) is 3.27. The fourth-order valence-corrected chi connectivity index (χ4v) is 1.36. The first-order valence-corrected chi connectivity index (χ1v) is 4.08. The van der Waals surface area contributed by atoms with Gasteiger partial charge in [0.2, 0.25) is 0 Å². The van der Waals surface area contributed by atoms with Crippen LogP contribution in [-0.4, -0.2) is 5.21 Å². The van der Waals surface area contributed by atoms with Crippen molar-refractivity contribution < 1.29 is 5.21 Å². The van der Waals surface area contributed by atoms with E-state index in [9.17, 15) is 0 Å². The standard InChI is InChI=1S/C11H9NO/c13-12-11-8-4-2-6-9-5-1-3-7-10(9)11/h1-8,13H/b12-11-. The Morgan fingerprint density at radius 2 is 1.46 bits per heavy atom. The molecule has 0 aliphatic heterocycles. The average molecular weight is 171 g/mol. The quantitative estimate of drug-likeness (QED) is 0.478. The molecule has 0 aromatic heterocycles. The van der Waals surface area contributed by atoms with Gasteiger partial charge >= 0.3 is 0 Å². The Bertz CT molecular complexity index is 491. The zero-order valence-electron chi connectivity index (χ0n) is 7.01. The van der Waals surface area contributed by atoms with Crippen LogP contribution in [0.1, 0.15) is 0 Å². The molecule has 2 aromatic rings. The lowest BCUT2D eigenvalue weighted by molar-refractivity contribution is 0.303. The van der Waals surface area contributed by atoms with Gasteiger partial charge < -0.3 is 5.21 Å². The van der Waals surface area contributed by atoms with Gasteiger partial charge in [-0.05, 0) is 11.5 Å². The van der Waals surface area contributed by atoms with E-state index in [1.54, 1.807) is 6.07 Å². The number of nitrogens with zero attached hydrogens (tertiary/aromatic N) is 1. The maximum absolute atomic E-state index is 8.77. The third kappa shape index (κ3) is 1.38. The summed E-state index contributed by atoms with van der Waals surface area (Å²) in [4.78, 5) is 0. The monoisotopic (exact) mass is 171 g/mol. The zero-order valence-corrected chi connectivity index (χ0v) is 7.01. The summed E-state index contributed by atoms with van der Waals surface area (Å²) < 4.78 is 0. The van der Waals surface area contributed by atoms with Crippen molar-refractivity contribution in [3.63, 3.8) is 0 Å². The van der Waals surface area contributed by atoms with E-state index in [4.69, 9.17) is 5.21 Å². The minimum absolute atomic E-state index is 0.598.